The Labute approximate surface area is 78.6 Å². The van der Waals surface area contributed by atoms with Crippen LogP contribution in [0.5, 0.6) is 0 Å². The Morgan fingerprint density at radius 3 is 2.62 bits per heavy atom. The highest BCUT2D eigenvalue weighted by molar-refractivity contribution is 5.18. The number of aliphatic hydroxyl groups excluding tert-OH is 1. The molecule has 1 aromatic rings. The van der Waals surface area contributed by atoms with E-state index >= 15 is 0 Å². The number of hydrogen-bond donors (Lipinski definition) is 3. The van der Waals surface area contributed by atoms with Crippen LogP contribution in [0.2, 0.25) is 0 Å². The third-order valence-corrected chi connectivity index (χ3v) is 1.88. The highest BCUT2D eigenvalue weighted by Crippen LogP contribution is 2.07. The molecule has 0 saturated heterocycles. The van der Waals surface area contributed by atoms with E-state index in [1.807, 2.05) is 30.3 Å². The molecule has 4 N–H and O–H groups in total. The lowest BCUT2D eigenvalue weighted by Crippen LogP contribution is -2.28. The van der Waals surface area contributed by atoms with Gasteiger partial charge >= 0.3 is 0 Å². The molecule has 0 amide bonds. The maximum atomic E-state index is 8.55. The lowest BCUT2D eigenvalue weighted by atomic mass is 10.1. The molecule has 72 valence electrons. The molecular formula is C10H16N2O. The molecule has 0 aliphatic rings. The summed E-state index contributed by atoms with van der Waals surface area (Å²) in [6.45, 7) is 1.45. The lowest BCUT2D eigenvalue weighted by Gasteiger charge is -2.12. The van der Waals surface area contributed by atoms with Crippen molar-refractivity contribution in [2.24, 2.45) is 5.73 Å². The van der Waals surface area contributed by atoms with Crippen molar-refractivity contribution in [3.63, 3.8) is 0 Å². The maximum absolute atomic E-state index is 8.55. The van der Waals surface area contributed by atoms with Crippen molar-refractivity contribution >= 4 is 0 Å². The highest BCUT2D eigenvalue weighted by atomic mass is 16.3. The van der Waals surface area contributed by atoms with E-state index in [0.29, 0.717) is 13.1 Å². The summed E-state index contributed by atoms with van der Waals surface area (Å²) in [6.07, 6.45) is 0. The predicted molar refractivity (Wildman–Crippen MR) is 53.3 cm³/mol. The second-order valence-corrected chi connectivity index (χ2v) is 2.94. The second kappa shape index (κ2) is 5.70. The first-order valence-electron chi connectivity index (χ1n) is 4.46. The van der Waals surface area contributed by atoms with Crippen LogP contribution >= 0.6 is 0 Å². The molecule has 1 atom stereocenters. The number of rotatable bonds is 5. The molecule has 0 saturated carbocycles. The van der Waals surface area contributed by atoms with Gasteiger partial charge in [-0.25, -0.2) is 0 Å². The van der Waals surface area contributed by atoms with Gasteiger partial charge in [0, 0.05) is 19.1 Å². The monoisotopic (exact) mass is 180 g/mol. The van der Waals surface area contributed by atoms with Crippen LogP contribution in [0.3, 0.4) is 0 Å². The van der Waals surface area contributed by atoms with Crippen LogP contribution in [0.1, 0.15) is 11.6 Å². The Morgan fingerprint density at radius 2 is 2.00 bits per heavy atom. The summed E-state index contributed by atoms with van der Waals surface area (Å²) < 4.78 is 0. The third kappa shape index (κ3) is 3.55. The van der Waals surface area contributed by atoms with Crippen LogP contribution in [0.4, 0.5) is 0 Å². The van der Waals surface area contributed by atoms with E-state index < -0.39 is 0 Å². The van der Waals surface area contributed by atoms with Gasteiger partial charge in [0.1, 0.15) is 0 Å². The zero-order valence-electron chi connectivity index (χ0n) is 7.61. The highest BCUT2D eigenvalue weighted by Gasteiger charge is 2.02. The van der Waals surface area contributed by atoms with Crippen LogP contribution in [-0.2, 0) is 0 Å². The Kier molecular flexibility index (Phi) is 4.46. The zero-order valence-corrected chi connectivity index (χ0v) is 7.61. The molecule has 0 aliphatic carbocycles. The van der Waals surface area contributed by atoms with Crippen LogP contribution < -0.4 is 11.1 Å². The summed E-state index contributed by atoms with van der Waals surface area (Å²) in [4.78, 5) is 0. The molecule has 0 aliphatic heterocycles. The summed E-state index contributed by atoms with van der Waals surface area (Å²) in [5.74, 6) is 0. The molecule has 0 spiro atoms. The summed E-state index contributed by atoms with van der Waals surface area (Å²) in [5.41, 5.74) is 7.01. The lowest BCUT2D eigenvalue weighted by molar-refractivity contribution is 0.291. The molecular weight excluding hydrogens is 164 g/mol. The molecule has 0 heterocycles. The molecule has 1 unspecified atom stereocenters. The van der Waals surface area contributed by atoms with Gasteiger partial charge in [-0.1, -0.05) is 30.3 Å². The third-order valence-electron chi connectivity index (χ3n) is 1.88. The van der Waals surface area contributed by atoms with Crippen molar-refractivity contribution in [2.45, 2.75) is 6.04 Å². The predicted octanol–water partition coefficient (Wildman–Crippen LogP) is 0.268. The number of nitrogens with one attached hydrogen (secondary N) is 1. The average molecular weight is 180 g/mol. The van der Waals surface area contributed by atoms with E-state index in [-0.39, 0.29) is 12.6 Å². The minimum absolute atomic E-state index is 0.00718. The molecule has 13 heavy (non-hydrogen) atoms. The van der Waals surface area contributed by atoms with E-state index in [2.05, 4.69) is 5.32 Å². The number of aliphatic hydroxyl groups is 1. The summed E-state index contributed by atoms with van der Waals surface area (Å²) in [6, 6.07) is 9.93. The number of hydrogen-bond acceptors (Lipinski definition) is 3. The minimum Gasteiger partial charge on any atom is -0.395 e. The van der Waals surface area contributed by atoms with E-state index in [9.17, 15) is 0 Å². The second-order valence-electron chi connectivity index (χ2n) is 2.94. The van der Waals surface area contributed by atoms with Crippen molar-refractivity contribution in [3.8, 4) is 0 Å². The normalized spacial score (nSPS) is 12.8. The van der Waals surface area contributed by atoms with Gasteiger partial charge in [0.15, 0.2) is 0 Å². The summed E-state index contributed by atoms with van der Waals surface area (Å²) in [7, 11) is 0. The van der Waals surface area contributed by atoms with Gasteiger partial charge in [-0.2, -0.15) is 0 Å². The molecule has 0 bridgehead atoms. The largest absolute Gasteiger partial charge is 0.395 e. The zero-order chi connectivity index (χ0) is 9.52. The first kappa shape index (κ1) is 10.2. The Morgan fingerprint density at radius 1 is 1.31 bits per heavy atom. The molecule has 0 radical (unpaired) electrons. The van der Waals surface area contributed by atoms with Crippen molar-refractivity contribution in [2.75, 3.05) is 19.7 Å². The fourth-order valence-corrected chi connectivity index (χ4v) is 1.15. The van der Waals surface area contributed by atoms with E-state index in [4.69, 9.17) is 10.8 Å². The first-order valence-corrected chi connectivity index (χ1v) is 4.46. The molecule has 3 heteroatoms. The van der Waals surface area contributed by atoms with E-state index in [0.717, 1.165) is 5.56 Å². The van der Waals surface area contributed by atoms with E-state index in [1.165, 1.54) is 0 Å². The van der Waals surface area contributed by atoms with Crippen molar-refractivity contribution < 1.29 is 5.11 Å². The average Bonchev–Trinajstić information content (AvgIpc) is 2.19. The maximum Gasteiger partial charge on any atom is 0.0555 e. The Balaban J connectivity index is 2.35. The number of nitrogens with two attached hydrogens (primary N) is 1. The van der Waals surface area contributed by atoms with Crippen molar-refractivity contribution in [1.82, 2.24) is 5.32 Å². The van der Waals surface area contributed by atoms with Crippen LogP contribution in [0.15, 0.2) is 30.3 Å². The summed E-state index contributed by atoms with van der Waals surface area (Å²) in [5, 5.41) is 11.6. The summed E-state index contributed by atoms with van der Waals surface area (Å²) >= 11 is 0. The molecule has 0 fully saturated rings. The van der Waals surface area contributed by atoms with Crippen LogP contribution in [0.25, 0.3) is 0 Å². The smallest absolute Gasteiger partial charge is 0.0555 e. The van der Waals surface area contributed by atoms with Gasteiger partial charge in [-0.3, -0.25) is 0 Å². The minimum atomic E-state index is 0.00718. The fourth-order valence-electron chi connectivity index (χ4n) is 1.15. The van der Waals surface area contributed by atoms with Gasteiger partial charge < -0.3 is 16.2 Å². The van der Waals surface area contributed by atoms with Crippen molar-refractivity contribution in [3.05, 3.63) is 35.9 Å². The van der Waals surface area contributed by atoms with Gasteiger partial charge in [-0.05, 0) is 5.56 Å². The Hall–Kier alpha value is -0.900. The van der Waals surface area contributed by atoms with E-state index in [1.54, 1.807) is 0 Å². The fraction of sp³-hybridized carbons (Fsp3) is 0.400. The quantitative estimate of drug-likeness (QED) is 0.570. The van der Waals surface area contributed by atoms with Gasteiger partial charge in [0.2, 0.25) is 0 Å². The van der Waals surface area contributed by atoms with Gasteiger partial charge in [0.25, 0.3) is 0 Å². The molecule has 1 rings (SSSR count). The van der Waals surface area contributed by atoms with Crippen molar-refractivity contribution in [1.29, 1.82) is 0 Å². The van der Waals surface area contributed by atoms with Crippen LogP contribution in [-0.4, -0.2) is 24.8 Å². The molecule has 3 nitrogen and oxygen atoms in total. The SMILES string of the molecule is NC(CNCCO)c1ccccc1. The molecule has 0 aromatic heterocycles. The van der Waals surface area contributed by atoms with Gasteiger partial charge in [0.05, 0.1) is 6.61 Å². The Bertz CT molecular complexity index is 226. The number of benzene rings is 1. The molecule has 1 aromatic carbocycles. The standard InChI is InChI=1S/C10H16N2O/c11-10(8-12-6-7-13)9-4-2-1-3-5-9/h1-5,10,12-13H,6-8,11H2. The van der Waals surface area contributed by atoms with Gasteiger partial charge in [-0.15, -0.1) is 0 Å². The van der Waals surface area contributed by atoms with Crippen LogP contribution in [0, 0.1) is 0 Å². The topological polar surface area (TPSA) is 58.3 Å². The first-order chi connectivity index (χ1) is 6.34.